The number of amides is 1. The summed E-state index contributed by atoms with van der Waals surface area (Å²) in [6.45, 7) is 1.58. The summed E-state index contributed by atoms with van der Waals surface area (Å²) >= 11 is 0. The van der Waals surface area contributed by atoms with Crippen LogP contribution in [0.3, 0.4) is 0 Å². The summed E-state index contributed by atoms with van der Waals surface area (Å²) in [5, 5.41) is 11.2. The van der Waals surface area contributed by atoms with E-state index in [2.05, 4.69) is 5.32 Å². The van der Waals surface area contributed by atoms with Crippen LogP contribution in [0.5, 0.6) is 0 Å². The molecule has 114 valence electrons. The number of carbonyl (C=O) groups is 2. The van der Waals surface area contributed by atoms with Crippen molar-refractivity contribution in [1.29, 1.82) is 0 Å². The molecule has 0 aliphatic carbocycles. The van der Waals surface area contributed by atoms with Crippen molar-refractivity contribution < 1.29 is 27.5 Å². The largest absolute Gasteiger partial charge is 0.478 e. The number of halogens is 1. The van der Waals surface area contributed by atoms with E-state index in [0.717, 1.165) is 18.2 Å². The van der Waals surface area contributed by atoms with Crippen molar-refractivity contribution in [3.63, 3.8) is 0 Å². The summed E-state index contributed by atoms with van der Waals surface area (Å²) in [5.74, 6) is -3.24. The minimum absolute atomic E-state index is 0.0236. The molecule has 2 N–H and O–H groups in total. The number of benzene rings is 1. The first-order valence-corrected chi connectivity index (χ1v) is 8.00. The third-order valence-electron chi connectivity index (χ3n) is 3.38. The van der Waals surface area contributed by atoms with E-state index in [1.807, 2.05) is 0 Å². The maximum Gasteiger partial charge on any atom is 0.335 e. The number of rotatable bonds is 3. The lowest BCUT2D eigenvalue weighted by atomic mass is 10.0. The normalized spacial score (nSPS) is 23.7. The molecule has 1 aromatic carbocycles. The fraction of sp³-hybridized carbons (Fsp3) is 0.385. The number of hydrogen-bond donors (Lipinski definition) is 2. The van der Waals surface area contributed by atoms with Crippen LogP contribution in [0.25, 0.3) is 0 Å². The van der Waals surface area contributed by atoms with Crippen LogP contribution in [-0.4, -0.2) is 42.4 Å². The van der Waals surface area contributed by atoms with Crippen LogP contribution in [0.1, 0.15) is 34.1 Å². The van der Waals surface area contributed by atoms with Crippen molar-refractivity contribution in [2.45, 2.75) is 18.9 Å². The van der Waals surface area contributed by atoms with Crippen molar-refractivity contribution in [2.24, 2.45) is 0 Å². The molecule has 1 amide bonds. The molecule has 8 heteroatoms. The van der Waals surface area contributed by atoms with Crippen LogP contribution >= 0.6 is 0 Å². The second-order valence-corrected chi connectivity index (χ2v) is 7.54. The van der Waals surface area contributed by atoms with Crippen molar-refractivity contribution >= 4 is 21.7 Å². The molecule has 1 unspecified atom stereocenters. The number of hydrogen-bond acceptors (Lipinski definition) is 4. The molecular formula is C13H14FNO5S. The van der Waals surface area contributed by atoms with E-state index in [1.54, 1.807) is 6.92 Å². The average molecular weight is 315 g/mol. The average Bonchev–Trinajstić information content (AvgIpc) is 2.62. The Balaban J connectivity index is 2.20. The fourth-order valence-electron chi connectivity index (χ4n) is 2.28. The minimum atomic E-state index is -3.20. The Labute approximate surface area is 120 Å². The van der Waals surface area contributed by atoms with Gasteiger partial charge in [0.15, 0.2) is 9.84 Å². The van der Waals surface area contributed by atoms with Crippen molar-refractivity contribution in [3.05, 3.63) is 35.1 Å². The first-order chi connectivity index (χ1) is 9.62. The highest BCUT2D eigenvalue weighted by Crippen LogP contribution is 2.23. The van der Waals surface area contributed by atoms with Crippen LogP contribution in [0.4, 0.5) is 4.39 Å². The zero-order valence-corrected chi connectivity index (χ0v) is 12.0. The van der Waals surface area contributed by atoms with Gasteiger partial charge < -0.3 is 10.4 Å². The molecule has 1 aliphatic rings. The van der Waals surface area contributed by atoms with Gasteiger partial charge in [-0.1, -0.05) is 0 Å². The molecule has 1 atom stereocenters. The maximum atomic E-state index is 13.8. The first-order valence-electron chi connectivity index (χ1n) is 6.18. The van der Waals surface area contributed by atoms with Gasteiger partial charge in [-0.15, -0.1) is 0 Å². The second-order valence-electron chi connectivity index (χ2n) is 5.36. The van der Waals surface area contributed by atoms with E-state index in [1.165, 1.54) is 0 Å². The second kappa shape index (κ2) is 5.10. The molecule has 6 nitrogen and oxygen atoms in total. The Morgan fingerprint density at radius 3 is 2.52 bits per heavy atom. The molecule has 2 rings (SSSR count). The predicted octanol–water partition coefficient (Wildman–Crippen LogP) is 0.831. The predicted molar refractivity (Wildman–Crippen MR) is 72.5 cm³/mol. The quantitative estimate of drug-likeness (QED) is 0.860. The molecule has 0 radical (unpaired) electrons. The Bertz CT molecular complexity index is 715. The number of carbonyl (C=O) groups excluding carboxylic acids is 1. The lowest BCUT2D eigenvalue weighted by Gasteiger charge is -2.24. The van der Waals surface area contributed by atoms with Gasteiger partial charge >= 0.3 is 5.97 Å². The van der Waals surface area contributed by atoms with E-state index < -0.39 is 33.1 Å². The maximum absolute atomic E-state index is 13.8. The molecule has 1 heterocycles. The third-order valence-corrected chi connectivity index (χ3v) is 5.28. The summed E-state index contributed by atoms with van der Waals surface area (Å²) < 4.78 is 36.7. The number of sulfone groups is 1. The molecule has 1 saturated heterocycles. The summed E-state index contributed by atoms with van der Waals surface area (Å²) in [4.78, 5) is 22.7. The van der Waals surface area contributed by atoms with Crippen molar-refractivity contribution in [2.75, 3.05) is 11.5 Å². The number of aromatic carboxylic acids is 1. The highest BCUT2D eigenvalue weighted by atomic mass is 32.2. The SMILES string of the molecule is CC1(NC(=O)c2ccc(C(=O)O)cc2F)CCS(=O)(=O)C1. The van der Waals surface area contributed by atoms with Gasteiger partial charge in [-0.25, -0.2) is 17.6 Å². The van der Waals surface area contributed by atoms with Gasteiger partial charge in [0, 0.05) is 0 Å². The zero-order valence-electron chi connectivity index (χ0n) is 11.2. The summed E-state index contributed by atoms with van der Waals surface area (Å²) in [5.41, 5.74) is -1.52. The van der Waals surface area contributed by atoms with Crippen LogP contribution in [-0.2, 0) is 9.84 Å². The van der Waals surface area contributed by atoms with Crippen LogP contribution < -0.4 is 5.32 Å². The van der Waals surface area contributed by atoms with Gasteiger partial charge in [0.25, 0.3) is 5.91 Å². The van der Waals surface area contributed by atoms with E-state index in [4.69, 9.17) is 5.11 Å². The lowest BCUT2D eigenvalue weighted by Crippen LogP contribution is -2.47. The molecule has 0 bridgehead atoms. The van der Waals surface area contributed by atoms with Gasteiger partial charge in [-0.3, -0.25) is 4.79 Å². The van der Waals surface area contributed by atoms with Crippen molar-refractivity contribution in [3.8, 4) is 0 Å². The molecule has 1 fully saturated rings. The Morgan fingerprint density at radius 1 is 1.38 bits per heavy atom. The minimum Gasteiger partial charge on any atom is -0.478 e. The lowest BCUT2D eigenvalue weighted by molar-refractivity contribution is 0.0695. The van der Waals surface area contributed by atoms with Gasteiger partial charge in [0.1, 0.15) is 5.82 Å². The van der Waals surface area contributed by atoms with Gasteiger partial charge in [-0.05, 0) is 31.5 Å². The van der Waals surface area contributed by atoms with Crippen LogP contribution in [0.15, 0.2) is 18.2 Å². The fourth-order valence-corrected chi connectivity index (χ4v) is 4.38. The molecule has 1 aliphatic heterocycles. The van der Waals surface area contributed by atoms with Crippen LogP contribution in [0.2, 0.25) is 0 Å². The highest BCUT2D eigenvalue weighted by Gasteiger charge is 2.39. The highest BCUT2D eigenvalue weighted by molar-refractivity contribution is 7.91. The van der Waals surface area contributed by atoms with Crippen LogP contribution in [0, 0.1) is 5.82 Å². The summed E-state index contributed by atoms with van der Waals surface area (Å²) in [6.07, 6.45) is 0.260. The van der Waals surface area contributed by atoms with E-state index >= 15 is 0 Å². The summed E-state index contributed by atoms with van der Waals surface area (Å²) in [6, 6.07) is 2.94. The van der Waals surface area contributed by atoms with Gasteiger partial charge in [0.05, 0.1) is 28.2 Å². The Hall–Kier alpha value is -1.96. The van der Waals surface area contributed by atoms with E-state index in [-0.39, 0.29) is 29.1 Å². The molecule has 0 saturated carbocycles. The zero-order chi connectivity index (χ0) is 15.8. The monoisotopic (exact) mass is 315 g/mol. The smallest absolute Gasteiger partial charge is 0.335 e. The Morgan fingerprint density at radius 2 is 2.05 bits per heavy atom. The topological polar surface area (TPSA) is 101 Å². The summed E-state index contributed by atoms with van der Waals surface area (Å²) in [7, 11) is -3.20. The molecule has 0 aromatic heterocycles. The van der Waals surface area contributed by atoms with Crippen molar-refractivity contribution in [1.82, 2.24) is 5.32 Å². The number of nitrogens with one attached hydrogen (secondary N) is 1. The third kappa shape index (κ3) is 3.38. The van der Waals surface area contributed by atoms with Gasteiger partial charge in [-0.2, -0.15) is 0 Å². The molecule has 21 heavy (non-hydrogen) atoms. The van der Waals surface area contributed by atoms with Gasteiger partial charge in [0.2, 0.25) is 0 Å². The Kier molecular flexibility index (Phi) is 3.75. The molecular weight excluding hydrogens is 301 g/mol. The first kappa shape index (κ1) is 15.4. The number of carboxylic acid groups (broad SMARTS) is 1. The molecule has 1 aromatic rings. The molecule has 0 spiro atoms. The van der Waals surface area contributed by atoms with E-state index in [0.29, 0.717) is 0 Å². The standard InChI is InChI=1S/C13H14FNO5S/c1-13(4-5-21(19,20)7-13)15-11(16)9-3-2-8(12(17)18)6-10(9)14/h2-3,6H,4-5,7H2,1H3,(H,15,16)(H,17,18). The number of carboxylic acids is 1. The van der Waals surface area contributed by atoms with E-state index in [9.17, 15) is 22.4 Å².